The van der Waals surface area contributed by atoms with Crippen molar-refractivity contribution in [3.05, 3.63) is 85.9 Å². The lowest BCUT2D eigenvalue weighted by atomic mass is 10.0. The molecule has 34 heavy (non-hydrogen) atoms. The highest BCUT2D eigenvalue weighted by Gasteiger charge is 2.49. The zero-order valence-corrected chi connectivity index (χ0v) is 19.3. The Morgan fingerprint density at radius 1 is 1.12 bits per heavy atom. The maximum Gasteiger partial charge on any atom is 0.480 e. The minimum Gasteiger partial charge on any atom is -0.478 e. The molecule has 12 heteroatoms. The molecule has 0 saturated carbocycles. The summed E-state index contributed by atoms with van der Waals surface area (Å²) in [6, 6.07) is 7.61. The van der Waals surface area contributed by atoms with E-state index in [9.17, 15) is 27.2 Å². The van der Waals surface area contributed by atoms with Crippen LogP contribution in [0.15, 0.2) is 36.4 Å². The second kappa shape index (κ2) is 9.63. The first-order valence-electron chi connectivity index (χ1n) is 9.70. The van der Waals surface area contributed by atoms with Crippen molar-refractivity contribution in [1.82, 2.24) is 10.00 Å². The lowest BCUT2D eigenvalue weighted by Crippen LogP contribution is -2.44. The number of aromatic carboxylic acids is 1. The molecule has 0 saturated heterocycles. The van der Waals surface area contributed by atoms with E-state index in [1.165, 1.54) is 30.9 Å². The first-order valence-corrected chi connectivity index (χ1v) is 10.5. The average molecular weight is 519 g/mol. The summed E-state index contributed by atoms with van der Waals surface area (Å²) in [4.78, 5) is 23.9. The number of rotatable bonds is 6. The van der Waals surface area contributed by atoms with Crippen molar-refractivity contribution in [2.45, 2.75) is 19.1 Å². The average Bonchev–Trinajstić information content (AvgIpc) is 3.00. The number of hydrogen-bond acceptors (Lipinski definition) is 2. The number of aromatic nitrogens is 2. The predicted molar refractivity (Wildman–Crippen MR) is 115 cm³/mol. The predicted octanol–water partition coefficient (Wildman–Crippen LogP) is 4.53. The Kier molecular flexibility index (Phi) is 7.23. The zero-order chi connectivity index (χ0) is 25.4. The highest BCUT2D eigenvalue weighted by atomic mass is 35.5. The van der Waals surface area contributed by atoms with Gasteiger partial charge in [-0.1, -0.05) is 35.3 Å². The molecule has 0 aliphatic heterocycles. The summed E-state index contributed by atoms with van der Waals surface area (Å²) in [5, 5.41) is 11.7. The number of hydrogen-bond donors (Lipinski definition) is 2. The van der Waals surface area contributed by atoms with Crippen molar-refractivity contribution in [3.8, 4) is 0 Å². The van der Waals surface area contributed by atoms with Crippen molar-refractivity contribution < 1.29 is 36.9 Å². The first-order chi connectivity index (χ1) is 15.8. The fourth-order valence-electron chi connectivity index (χ4n) is 3.49. The SMILES string of the molecule is Cn1c(Cc2ccc(Cl)c(Cl)c2)c(C(=O)NCc2ccc(C(=O)O)cc2F)c(C(F)(F)F)[n+]1C. The van der Waals surface area contributed by atoms with Gasteiger partial charge in [-0.25, -0.2) is 9.18 Å². The lowest BCUT2D eigenvalue weighted by Gasteiger charge is -2.09. The largest absolute Gasteiger partial charge is 0.480 e. The monoisotopic (exact) mass is 518 g/mol. The molecule has 0 spiro atoms. The van der Waals surface area contributed by atoms with Crippen LogP contribution in [0.3, 0.4) is 0 Å². The topological polar surface area (TPSA) is 75.2 Å². The summed E-state index contributed by atoms with van der Waals surface area (Å²) in [7, 11) is 2.55. The van der Waals surface area contributed by atoms with Gasteiger partial charge in [0.25, 0.3) is 5.91 Å². The van der Waals surface area contributed by atoms with E-state index in [-0.39, 0.29) is 33.3 Å². The van der Waals surface area contributed by atoms with Crippen LogP contribution in [0.2, 0.25) is 10.0 Å². The molecule has 0 atom stereocenters. The van der Waals surface area contributed by atoms with Crippen LogP contribution in [0.25, 0.3) is 0 Å². The molecular formula is C22H18Cl2F4N3O3+. The third-order valence-corrected chi connectivity index (χ3v) is 6.02. The standard InChI is InChI=1S/C22H17Cl2F4N3O3/c1-30-17(8-11-3-6-14(23)15(24)7-11)18(19(31(30)2)22(26,27)28)20(32)29-10-13-5-4-12(21(33)34)9-16(13)25/h3-7,9H,8,10H2,1-2H3,(H-,29,32,33,34)/p+1. The molecule has 0 aliphatic carbocycles. The number of benzene rings is 2. The fraction of sp³-hybridized carbons (Fsp3) is 0.227. The van der Waals surface area contributed by atoms with Gasteiger partial charge in [-0.3, -0.25) is 4.79 Å². The third kappa shape index (κ3) is 5.18. The van der Waals surface area contributed by atoms with E-state index in [4.69, 9.17) is 28.3 Å². The smallest absolute Gasteiger partial charge is 0.478 e. The van der Waals surface area contributed by atoms with Gasteiger partial charge in [0.15, 0.2) is 7.05 Å². The molecule has 1 heterocycles. The van der Waals surface area contributed by atoms with E-state index in [0.29, 0.717) is 5.56 Å². The van der Waals surface area contributed by atoms with Gasteiger partial charge < -0.3 is 10.4 Å². The summed E-state index contributed by atoms with van der Waals surface area (Å²) < 4.78 is 57.9. The quantitative estimate of drug-likeness (QED) is 0.371. The van der Waals surface area contributed by atoms with E-state index in [0.717, 1.165) is 22.9 Å². The number of carboxylic acids is 1. The fourth-order valence-corrected chi connectivity index (χ4v) is 3.81. The van der Waals surface area contributed by atoms with Crippen LogP contribution in [-0.4, -0.2) is 21.7 Å². The second-order valence-electron chi connectivity index (χ2n) is 7.43. The van der Waals surface area contributed by atoms with Crippen LogP contribution in [0, 0.1) is 5.82 Å². The maximum absolute atomic E-state index is 14.2. The molecule has 0 bridgehead atoms. The Balaban J connectivity index is 1.99. The molecule has 0 radical (unpaired) electrons. The first kappa shape index (κ1) is 25.5. The van der Waals surface area contributed by atoms with E-state index < -0.39 is 41.7 Å². The van der Waals surface area contributed by atoms with Crippen molar-refractivity contribution in [3.63, 3.8) is 0 Å². The van der Waals surface area contributed by atoms with Crippen molar-refractivity contribution in [1.29, 1.82) is 0 Å². The van der Waals surface area contributed by atoms with Gasteiger partial charge in [-0.05, 0) is 29.8 Å². The minimum atomic E-state index is -4.86. The van der Waals surface area contributed by atoms with Gasteiger partial charge in [-0.15, -0.1) is 4.68 Å². The lowest BCUT2D eigenvalue weighted by molar-refractivity contribution is -0.766. The summed E-state index contributed by atoms with van der Waals surface area (Å²) in [6.07, 6.45) is -4.93. The Morgan fingerprint density at radius 3 is 2.35 bits per heavy atom. The van der Waals surface area contributed by atoms with Gasteiger partial charge in [-0.2, -0.15) is 17.9 Å². The van der Waals surface area contributed by atoms with Crippen LogP contribution in [-0.2, 0) is 33.2 Å². The normalized spacial score (nSPS) is 11.5. The summed E-state index contributed by atoms with van der Waals surface area (Å²) in [5.74, 6) is -3.32. The molecule has 180 valence electrons. The summed E-state index contributed by atoms with van der Waals surface area (Å²) >= 11 is 11.9. The molecular weight excluding hydrogens is 501 g/mol. The Morgan fingerprint density at radius 2 is 1.79 bits per heavy atom. The Bertz CT molecular complexity index is 1290. The molecule has 1 aromatic heterocycles. The maximum atomic E-state index is 14.2. The highest BCUT2D eigenvalue weighted by Crippen LogP contribution is 2.33. The van der Waals surface area contributed by atoms with Gasteiger partial charge in [0.1, 0.15) is 11.4 Å². The summed E-state index contributed by atoms with van der Waals surface area (Å²) in [6.45, 7) is -0.452. The molecule has 3 rings (SSSR count). The molecule has 3 aromatic rings. The van der Waals surface area contributed by atoms with Crippen molar-refractivity contribution >= 4 is 35.1 Å². The number of alkyl halides is 3. The second-order valence-corrected chi connectivity index (χ2v) is 8.25. The number of carboxylic acid groups (broad SMARTS) is 1. The van der Waals surface area contributed by atoms with Crippen LogP contribution in [0.5, 0.6) is 0 Å². The van der Waals surface area contributed by atoms with Crippen LogP contribution < -0.4 is 10.00 Å². The molecule has 2 aromatic carbocycles. The van der Waals surface area contributed by atoms with E-state index in [2.05, 4.69) is 5.32 Å². The number of carbonyl (C=O) groups excluding carboxylic acids is 1. The molecule has 0 aliphatic rings. The highest BCUT2D eigenvalue weighted by molar-refractivity contribution is 6.42. The van der Waals surface area contributed by atoms with Gasteiger partial charge >= 0.3 is 17.8 Å². The molecule has 0 fully saturated rings. The Hall–Kier alpha value is -3.11. The third-order valence-electron chi connectivity index (χ3n) is 5.28. The zero-order valence-electron chi connectivity index (χ0n) is 17.8. The van der Waals surface area contributed by atoms with Gasteiger partial charge in [0, 0.05) is 18.5 Å². The van der Waals surface area contributed by atoms with Crippen molar-refractivity contribution in [2.24, 2.45) is 14.1 Å². The molecule has 2 N–H and O–H groups in total. The number of amides is 1. The van der Waals surface area contributed by atoms with E-state index in [1.54, 1.807) is 6.07 Å². The minimum absolute atomic E-state index is 0.0485. The molecule has 6 nitrogen and oxygen atoms in total. The van der Waals surface area contributed by atoms with Crippen LogP contribution in [0.4, 0.5) is 17.6 Å². The molecule has 0 unspecified atom stereocenters. The molecule has 1 amide bonds. The van der Waals surface area contributed by atoms with Crippen molar-refractivity contribution in [2.75, 3.05) is 0 Å². The number of halogens is 6. The number of nitrogens with one attached hydrogen (secondary N) is 1. The van der Waals surface area contributed by atoms with E-state index >= 15 is 0 Å². The van der Waals surface area contributed by atoms with E-state index in [1.807, 2.05) is 0 Å². The summed E-state index contributed by atoms with van der Waals surface area (Å²) in [5.41, 5.74) is -1.61. The number of carbonyl (C=O) groups is 2. The number of nitrogens with zero attached hydrogens (tertiary/aromatic N) is 2. The van der Waals surface area contributed by atoms with Crippen LogP contribution in [0.1, 0.15) is 43.2 Å². The van der Waals surface area contributed by atoms with Gasteiger partial charge in [0.05, 0.1) is 28.4 Å². The van der Waals surface area contributed by atoms with Gasteiger partial charge in [0.2, 0.25) is 0 Å². The van der Waals surface area contributed by atoms with Crippen LogP contribution >= 0.6 is 23.2 Å². The Labute approximate surface area is 201 Å².